The van der Waals surface area contributed by atoms with Crippen LogP contribution in [0.4, 0.5) is 0 Å². The Morgan fingerprint density at radius 1 is 1.54 bits per heavy atom. The monoisotopic (exact) mass is 177 g/mol. The topological polar surface area (TPSA) is 41.6 Å². The van der Waals surface area contributed by atoms with Crippen LogP contribution in [0, 0.1) is 11.3 Å². The van der Waals surface area contributed by atoms with Gasteiger partial charge < -0.3 is 0 Å². The first-order valence-electron chi connectivity index (χ1n) is 4.40. The quantitative estimate of drug-likeness (QED) is 0.660. The van der Waals surface area contributed by atoms with Gasteiger partial charge in [0.25, 0.3) is 0 Å². The van der Waals surface area contributed by atoms with Gasteiger partial charge in [-0.1, -0.05) is 20.8 Å². The molecule has 1 aromatic rings. The van der Waals surface area contributed by atoms with E-state index in [1.165, 1.54) is 0 Å². The van der Waals surface area contributed by atoms with Crippen LogP contribution in [0.3, 0.4) is 0 Å². The second-order valence-corrected chi connectivity index (χ2v) is 4.24. The first-order valence-corrected chi connectivity index (χ1v) is 4.40. The summed E-state index contributed by atoms with van der Waals surface area (Å²) in [6.45, 7) is 8.16. The van der Waals surface area contributed by atoms with Crippen LogP contribution in [-0.2, 0) is 5.41 Å². The molecule has 1 heterocycles. The SMILES string of the molecule is C[C@@H](C#N)n1ccc(C(C)(C)C)n1. The average Bonchev–Trinajstić information content (AvgIpc) is 2.50. The van der Waals surface area contributed by atoms with Gasteiger partial charge in [-0.2, -0.15) is 10.4 Å². The van der Waals surface area contributed by atoms with Crippen LogP contribution in [0.25, 0.3) is 0 Å². The molecule has 1 rings (SSSR count). The third-order valence-corrected chi connectivity index (χ3v) is 1.96. The van der Waals surface area contributed by atoms with Crippen molar-refractivity contribution in [3.05, 3.63) is 18.0 Å². The van der Waals surface area contributed by atoms with E-state index in [0.717, 1.165) is 5.69 Å². The van der Waals surface area contributed by atoms with Gasteiger partial charge >= 0.3 is 0 Å². The minimum absolute atomic E-state index is 0.0560. The number of nitrogens with zero attached hydrogens (tertiary/aromatic N) is 3. The summed E-state index contributed by atoms with van der Waals surface area (Å²) in [6, 6.07) is 3.93. The molecule has 3 nitrogen and oxygen atoms in total. The molecule has 1 atom stereocenters. The zero-order chi connectivity index (χ0) is 10.1. The Bertz CT molecular complexity index is 325. The van der Waals surface area contributed by atoms with Crippen molar-refractivity contribution in [2.75, 3.05) is 0 Å². The maximum atomic E-state index is 8.69. The Morgan fingerprint density at radius 2 is 2.15 bits per heavy atom. The Morgan fingerprint density at radius 3 is 2.54 bits per heavy atom. The lowest BCUT2D eigenvalue weighted by molar-refractivity contribution is 0.523. The fourth-order valence-corrected chi connectivity index (χ4v) is 1.01. The van der Waals surface area contributed by atoms with Crippen LogP contribution in [0.5, 0.6) is 0 Å². The average molecular weight is 177 g/mol. The first-order chi connectivity index (χ1) is 5.95. The third-order valence-electron chi connectivity index (χ3n) is 1.96. The first kappa shape index (κ1) is 9.79. The molecule has 0 saturated heterocycles. The predicted octanol–water partition coefficient (Wildman–Crippen LogP) is 2.27. The Balaban J connectivity index is 2.95. The summed E-state index contributed by atoms with van der Waals surface area (Å²) < 4.78 is 1.70. The smallest absolute Gasteiger partial charge is 0.135 e. The molecule has 0 N–H and O–H groups in total. The van der Waals surface area contributed by atoms with E-state index in [-0.39, 0.29) is 11.5 Å². The van der Waals surface area contributed by atoms with Crippen molar-refractivity contribution in [1.29, 1.82) is 5.26 Å². The molecule has 70 valence electrons. The Labute approximate surface area is 79.0 Å². The molecule has 0 fully saturated rings. The molecule has 0 amide bonds. The summed E-state index contributed by atoms with van der Waals surface area (Å²) in [5.74, 6) is 0. The van der Waals surface area contributed by atoms with Gasteiger partial charge in [0.1, 0.15) is 6.04 Å². The van der Waals surface area contributed by atoms with Gasteiger partial charge in [-0.05, 0) is 13.0 Å². The molecule has 13 heavy (non-hydrogen) atoms. The molecule has 0 saturated carbocycles. The number of rotatable bonds is 1. The zero-order valence-electron chi connectivity index (χ0n) is 8.57. The summed E-state index contributed by atoms with van der Waals surface area (Å²) in [7, 11) is 0. The summed E-state index contributed by atoms with van der Waals surface area (Å²) in [5, 5.41) is 13.0. The van der Waals surface area contributed by atoms with Gasteiger partial charge in [0.2, 0.25) is 0 Å². The maximum absolute atomic E-state index is 8.69. The van der Waals surface area contributed by atoms with Crippen LogP contribution in [0.2, 0.25) is 0 Å². The van der Waals surface area contributed by atoms with E-state index in [1.54, 1.807) is 4.68 Å². The minimum Gasteiger partial charge on any atom is -0.255 e. The largest absolute Gasteiger partial charge is 0.255 e. The van der Waals surface area contributed by atoms with Crippen molar-refractivity contribution < 1.29 is 0 Å². The van der Waals surface area contributed by atoms with Gasteiger partial charge in [-0.15, -0.1) is 0 Å². The third kappa shape index (κ3) is 2.09. The minimum atomic E-state index is -0.184. The van der Waals surface area contributed by atoms with Crippen molar-refractivity contribution in [2.45, 2.75) is 39.2 Å². The van der Waals surface area contributed by atoms with Crippen molar-refractivity contribution in [2.24, 2.45) is 0 Å². The van der Waals surface area contributed by atoms with Crippen LogP contribution >= 0.6 is 0 Å². The molecule has 0 aliphatic heterocycles. The highest BCUT2D eigenvalue weighted by Gasteiger charge is 2.17. The molecule has 3 heteroatoms. The van der Waals surface area contributed by atoms with E-state index in [2.05, 4.69) is 31.9 Å². The normalized spacial score (nSPS) is 13.8. The van der Waals surface area contributed by atoms with E-state index in [1.807, 2.05) is 19.2 Å². The highest BCUT2D eigenvalue weighted by molar-refractivity contribution is 5.11. The van der Waals surface area contributed by atoms with Gasteiger partial charge in [-0.25, -0.2) is 0 Å². The van der Waals surface area contributed by atoms with E-state index in [9.17, 15) is 0 Å². The van der Waals surface area contributed by atoms with Crippen LogP contribution in [0.1, 0.15) is 39.4 Å². The lowest BCUT2D eigenvalue weighted by Gasteiger charge is -2.14. The molecule has 0 bridgehead atoms. The molecule has 0 unspecified atom stereocenters. The Kier molecular flexibility index (Phi) is 2.42. The van der Waals surface area contributed by atoms with Crippen molar-refractivity contribution >= 4 is 0 Å². The van der Waals surface area contributed by atoms with Gasteiger partial charge in [-0.3, -0.25) is 4.68 Å². The van der Waals surface area contributed by atoms with E-state index < -0.39 is 0 Å². The van der Waals surface area contributed by atoms with Crippen LogP contribution < -0.4 is 0 Å². The lowest BCUT2D eigenvalue weighted by atomic mass is 9.93. The number of hydrogen-bond donors (Lipinski definition) is 0. The Hall–Kier alpha value is -1.30. The standard InChI is InChI=1S/C10H15N3/c1-8(7-11)13-6-5-9(12-13)10(2,3)4/h5-6,8H,1-4H3/t8-/m0/s1. The molecule has 1 aromatic heterocycles. The summed E-state index contributed by atoms with van der Waals surface area (Å²) >= 11 is 0. The van der Waals surface area contributed by atoms with Crippen molar-refractivity contribution in [1.82, 2.24) is 9.78 Å². The second-order valence-electron chi connectivity index (χ2n) is 4.24. The highest BCUT2D eigenvalue weighted by atomic mass is 15.3. The molecule has 0 aliphatic carbocycles. The lowest BCUT2D eigenvalue weighted by Crippen LogP contribution is -2.13. The van der Waals surface area contributed by atoms with Gasteiger partial charge in [0, 0.05) is 11.6 Å². The molecular formula is C10H15N3. The van der Waals surface area contributed by atoms with E-state index in [0.29, 0.717) is 0 Å². The van der Waals surface area contributed by atoms with Crippen LogP contribution in [-0.4, -0.2) is 9.78 Å². The van der Waals surface area contributed by atoms with E-state index >= 15 is 0 Å². The predicted molar refractivity (Wildman–Crippen MR) is 51.3 cm³/mol. The number of hydrogen-bond acceptors (Lipinski definition) is 2. The molecule has 0 radical (unpaired) electrons. The van der Waals surface area contributed by atoms with Crippen LogP contribution in [0.15, 0.2) is 12.3 Å². The van der Waals surface area contributed by atoms with Crippen molar-refractivity contribution in [3.63, 3.8) is 0 Å². The fourth-order valence-electron chi connectivity index (χ4n) is 1.01. The van der Waals surface area contributed by atoms with Gasteiger partial charge in [0.05, 0.1) is 11.8 Å². The van der Waals surface area contributed by atoms with Gasteiger partial charge in [0.15, 0.2) is 0 Å². The summed E-state index contributed by atoms with van der Waals surface area (Å²) in [4.78, 5) is 0. The fraction of sp³-hybridized carbons (Fsp3) is 0.600. The molecular weight excluding hydrogens is 162 g/mol. The van der Waals surface area contributed by atoms with E-state index in [4.69, 9.17) is 5.26 Å². The summed E-state index contributed by atoms with van der Waals surface area (Å²) in [5.41, 5.74) is 1.08. The second kappa shape index (κ2) is 3.21. The maximum Gasteiger partial charge on any atom is 0.135 e. The number of nitriles is 1. The summed E-state index contributed by atoms with van der Waals surface area (Å²) in [6.07, 6.45) is 1.86. The number of aromatic nitrogens is 2. The highest BCUT2D eigenvalue weighted by Crippen LogP contribution is 2.20. The molecule has 0 aliphatic rings. The van der Waals surface area contributed by atoms with Crippen molar-refractivity contribution in [3.8, 4) is 6.07 Å². The zero-order valence-corrected chi connectivity index (χ0v) is 8.57. The molecule has 0 aromatic carbocycles. The molecule has 0 spiro atoms.